The number of hydrogen-bond donors (Lipinski definition) is 2. The van der Waals surface area contributed by atoms with Crippen molar-refractivity contribution in [1.29, 1.82) is 0 Å². The molecule has 0 radical (unpaired) electrons. The standard InChI is InChI=1S/C11H10F3NO3S2/c12-11(13,14)10-9(7-4-2-1-3-5-7)8(6-19-10)20(17,18)15-16/h1-6,9-10,15-16H. The van der Waals surface area contributed by atoms with E-state index in [-0.39, 0.29) is 5.56 Å². The highest BCUT2D eigenvalue weighted by Crippen LogP contribution is 2.50. The Morgan fingerprint density at radius 3 is 2.30 bits per heavy atom. The van der Waals surface area contributed by atoms with Crippen molar-refractivity contribution in [3.63, 3.8) is 0 Å². The minimum Gasteiger partial charge on any atom is -0.302 e. The van der Waals surface area contributed by atoms with Crippen molar-refractivity contribution < 1.29 is 26.8 Å². The van der Waals surface area contributed by atoms with Crippen LogP contribution in [0.25, 0.3) is 0 Å². The highest BCUT2D eigenvalue weighted by Gasteiger charge is 2.52. The van der Waals surface area contributed by atoms with Crippen LogP contribution in [0.2, 0.25) is 0 Å². The van der Waals surface area contributed by atoms with Gasteiger partial charge >= 0.3 is 6.18 Å². The highest BCUT2D eigenvalue weighted by molar-refractivity contribution is 8.04. The summed E-state index contributed by atoms with van der Waals surface area (Å²) in [6.07, 6.45) is -4.56. The molecule has 0 aromatic heterocycles. The van der Waals surface area contributed by atoms with Gasteiger partial charge in [0, 0.05) is 5.92 Å². The number of allylic oxidation sites excluding steroid dienone is 1. The maximum atomic E-state index is 13.0. The van der Waals surface area contributed by atoms with E-state index in [9.17, 15) is 21.6 Å². The SMILES string of the molecule is O=S(=O)(NO)C1=CSC(C(F)(F)F)C1c1ccccc1. The predicted molar refractivity (Wildman–Crippen MR) is 68.5 cm³/mol. The molecule has 0 amide bonds. The van der Waals surface area contributed by atoms with Crippen LogP contribution >= 0.6 is 11.8 Å². The van der Waals surface area contributed by atoms with Crippen LogP contribution in [0.4, 0.5) is 13.2 Å². The van der Waals surface area contributed by atoms with E-state index >= 15 is 0 Å². The van der Waals surface area contributed by atoms with Crippen molar-refractivity contribution in [2.75, 3.05) is 0 Å². The van der Waals surface area contributed by atoms with Crippen molar-refractivity contribution in [3.8, 4) is 0 Å². The molecule has 110 valence electrons. The zero-order valence-electron chi connectivity index (χ0n) is 9.83. The smallest absolute Gasteiger partial charge is 0.302 e. The van der Waals surface area contributed by atoms with E-state index in [1.54, 1.807) is 6.07 Å². The van der Waals surface area contributed by atoms with Crippen LogP contribution in [0.1, 0.15) is 11.5 Å². The van der Waals surface area contributed by atoms with Crippen molar-refractivity contribution in [2.24, 2.45) is 0 Å². The van der Waals surface area contributed by atoms with Gasteiger partial charge in [-0.25, -0.2) is 8.42 Å². The lowest BCUT2D eigenvalue weighted by Gasteiger charge is -2.24. The van der Waals surface area contributed by atoms with E-state index in [0.29, 0.717) is 11.8 Å². The topological polar surface area (TPSA) is 66.4 Å². The van der Waals surface area contributed by atoms with E-state index in [1.807, 2.05) is 0 Å². The fourth-order valence-corrected chi connectivity index (χ4v) is 4.50. The van der Waals surface area contributed by atoms with Crippen molar-refractivity contribution in [2.45, 2.75) is 17.3 Å². The number of thioether (sulfide) groups is 1. The molecule has 0 bridgehead atoms. The summed E-state index contributed by atoms with van der Waals surface area (Å²) >= 11 is 0.385. The molecule has 4 nitrogen and oxygen atoms in total. The Morgan fingerprint density at radius 1 is 1.20 bits per heavy atom. The molecule has 2 unspecified atom stereocenters. The van der Waals surface area contributed by atoms with Gasteiger partial charge in [-0.2, -0.15) is 13.2 Å². The Labute approximate surface area is 117 Å². The molecule has 9 heteroatoms. The molecule has 0 aliphatic carbocycles. The third kappa shape index (κ3) is 2.85. The van der Waals surface area contributed by atoms with Crippen molar-refractivity contribution in [3.05, 3.63) is 46.2 Å². The van der Waals surface area contributed by atoms with Crippen molar-refractivity contribution in [1.82, 2.24) is 4.89 Å². The number of halogens is 3. The fraction of sp³-hybridized carbons (Fsp3) is 0.273. The van der Waals surface area contributed by atoms with Crippen LogP contribution in [-0.2, 0) is 10.0 Å². The van der Waals surface area contributed by atoms with Gasteiger partial charge in [0.25, 0.3) is 10.0 Å². The van der Waals surface area contributed by atoms with Gasteiger partial charge in [-0.1, -0.05) is 35.2 Å². The number of alkyl halides is 3. The lowest BCUT2D eigenvalue weighted by atomic mass is 9.95. The zero-order chi connectivity index (χ0) is 15.0. The summed E-state index contributed by atoms with van der Waals surface area (Å²) in [4.78, 5) is 0.591. The van der Waals surface area contributed by atoms with Crippen LogP contribution in [0.3, 0.4) is 0 Å². The van der Waals surface area contributed by atoms with Crippen LogP contribution in [-0.4, -0.2) is 25.1 Å². The number of nitrogens with one attached hydrogen (secondary N) is 1. The van der Waals surface area contributed by atoms with Gasteiger partial charge < -0.3 is 5.21 Å². The molecule has 1 heterocycles. The second-order valence-electron chi connectivity index (χ2n) is 4.10. The van der Waals surface area contributed by atoms with Crippen LogP contribution in [0.15, 0.2) is 40.6 Å². The van der Waals surface area contributed by atoms with Gasteiger partial charge in [0.2, 0.25) is 0 Å². The highest BCUT2D eigenvalue weighted by atomic mass is 32.2. The normalized spacial score (nSPS) is 23.7. The Morgan fingerprint density at radius 2 is 1.80 bits per heavy atom. The Bertz CT molecular complexity index is 614. The van der Waals surface area contributed by atoms with Gasteiger partial charge in [-0.05, 0) is 11.0 Å². The Balaban J connectivity index is 2.50. The summed E-state index contributed by atoms with van der Waals surface area (Å²) in [6, 6.07) is 7.53. The molecule has 2 rings (SSSR count). The van der Waals surface area contributed by atoms with Crippen LogP contribution in [0.5, 0.6) is 0 Å². The fourth-order valence-electron chi connectivity index (χ4n) is 1.99. The first kappa shape index (κ1) is 15.4. The summed E-state index contributed by atoms with van der Waals surface area (Å²) in [5.41, 5.74) is 0.227. The van der Waals surface area contributed by atoms with Gasteiger partial charge in [-0.3, -0.25) is 0 Å². The molecule has 2 atom stereocenters. The molecule has 0 spiro atoms. The quantitative estimate of drug-likeness (QED) is 0.839. The van der Waals surface area contributed by atoms with Crippen LogP contribution < -0.4 is 4.89 Å². The van der Waals surface area contributed by atoms with E-state index in [0.717, 1.165) is 10.3 Å². The van der Waals surface area contributed by atoms with Gasteiger partial charge in [0.05, 0.1) is 4.91 Å². The molecular formula is C11H10F3NO3S2. The number of rotatable bonds is 3. The molecule has 2 N–H and O–H groups in total. The van der Waals surface area contributed by atoms with E-state index in [1.165, 1.54) is 24.3 Å². The summed E-state index contributed by atoms with van der Waals surface area (Å²) in [5.74, 6) is -1.38. The largest absolute Gasteiger partial charge is 0.401 e. The molecule has 20 heavy (non-hydrogen) atoms. The maximum Gasteiger partial charge on any atom is 0.401 e. The van der Waals surface area contributed by atoms with E-state index in [4.69, 9.17) is 5.21 Å². The molecule has 1 aliphatic heterocycles. The Kier molecular flexibility index (Phi) is 4.14. The summed E-state index contributed by atoms with van der Waals surface area (Å²) in [6.45, 7) is 0. The monoisotopic (exact) mass is 325 g/mol. The molecule has 1 aromatic carbocycles. The molecular weight excluding hydrogens is 315 g/mol. The third-order valence-electron chi connectivity index (χ3n) is 2.85. The Hall–Kier alpha value is -1.03. The van der Waals surface area contributed by atoms with Gasteiger partial charge in [0.1, 0.15) is 5.25 Å². The summed E-state index contributed by atoms with van der Waals surface area (Å²) in [7, 11) is -4.34. The lowest BCUT2D eigenvalue weighted by molar-refractivity contribution is -0.130. The molecule has 1 aliphatic rings. The van der Waals surface area contributed by atoms with E-state index in [2.05, 4.69) is 0 Å². The first-order valence-corrected chi connectivity index (χ1v) is 7.83. The maximum absolute atomic E-state index is 13.0. The summed E-state index contributed by atoms with van der Waals surface area (Å²) < 4.78 is 62.4. The lowest BCUT2D eigenvalue weighted by Crippen LogP contribution is -2.33. The first-order chi connectivity index (χ1) is 9.27. The molecule has 0 saturated heterocycles. The second kappa shape index (κ2) is 5.40. The predicted octanol–water partition coefficient (Wildman–Crippen LogP) is 2.60. The number of sulfonamides is 1. The zero-order valence-corrected chi connectivity index (χ0v) is 11.5. The minimum absolute atomic E-state index is 0.227. The summed E-state index contributed by atoms with van der Waals surface area (Å²) in [5, 5.41) is 7.66. The number of benzene rings is 1. The van der Waals surface area contributed by atoms with Gasteiger partial charge in [-0.15, -0.1) is 11.8 Å². The molecule has 0 saturated carbocycles. The first-order valence-electron chi connectivity index (χ1n) is 5.40. The van der Waals surface area contributed by atoms with Crippen molar-refractivity contribution >= 4 is 21.8 Å². The molecule has 0 fully saturated rings. The van der Waals surface area contributed by atoms with Crippen LogP contribution in [0, 0.1) is 0 Å². The second-order valence-corrected chi connectivity index (χ2v) is 6.78. The third-order valence-corrected chi connectivity index (χ3v) is 5.46. The van der Waals surface area contributed by atoms with Gasteiger partial charge in [0.15, 0.2) is 0 Å². The number of hydrogen-bond acceptors (Lipinski definition) is 4. The average Bonchev–Trinajstić information content (AvgIpc) is 2.85. The minimum atomic E-state index is -4.56. The van der Waals surface area contributed by atoms with E-state index < -0.39 is 32.3 Å². The molecule has 1 aromatic rings. The average molecular weight is 325 g/mol.